The Morgan fingerprint density at radius 1 is 1.25 bits per heavy atom. The molecular weight excluding hydrogens is 302 g/mol. The maximum atomic E-state index is 11.9. The predicted octanol–water partition coefficient (Wildman–Crippen LogP) is 2.21. The molecule has 0 radical (unpaired) electrons. The van der Waals surface area contributed by atoms with Crippen LogP contribution in [0, 0.1) is 0 Å². The Morgan fingerprint density at radius 3 is 2.71 bits per heavy atom. The normalized spacial score (nSPS) is 15.2. The van der Waals surface area contributed by atoms with Crippen molar-refractivity contribution in [3.8, 4) is 0 Å². The number of anilines is 1. The molecule has 0 spiro atoms. The lowest BCUT2D eigenvalue weighted by molar-refractivity contribution is 0.238. The van der Waals surface area contributed by atoms with Gasteiger partial charge >= 0.3 is 6.03 Å². The number of nitrogens with zero attached hydrogens (tertiary/aromatic N) is 3. The van der Waals surface area contributed by atoms with E-state index in [4.69, 9.17) is 0 Å². The second-order valence-electron chi connectivity index (χ2n) is 6.43. The first-order valence-electron chi connectivity index (χ1n) is 9.09. The zero-order valence-electron chi connectivity index (χ0n) is 15.1. The van der Waals surface area contributed by atoms with Crippen LogP contribution in [-0.2, 0) is 6.54 Å². The van der Waals surface area contributed by atoms with E-state index in [1.165, 1.54) is 25.7 Å². The molecule has 1 saturated heterocycles. The molecule has 2 heterocycles. The molecule has 2 amide bonds. The van der Waals surface area contributed by atoms with Gasteiger partial charge in [0.2, 0.25) is 0 Å². The van der Waals surface area contributed by atoms with E-state index in [1.54, 1.807) is 0 Å². The molecule has 6 nitrogen and oxygen atoms in total. The Morgan fingerprint density at radius 2 is 2.00 bits per heavy atom. The third kappa shape index (κ3) is 6.35. The summed E-state index contributed by atoms with van der Waals surface area (Å²) in [5.74, 6) is 1.03. The molecule has 1 aromatic rings. The van der Waals surface area contributed by atoms with Gasteiger partial charge in [0, 0.05) is 38.9 Å². The molecule has 0 saturated carbocycles. The molecule has 24 heavy (non-hydrogen) atoms. The number of hydrogen-bond acceptors (Lipinski definition) is 4. The van der Waals surface area contributed by atoms with Crippen molar-refractivity contribution in [1.29, 1.82) is 0 Å². The minimum absolute atomic E-state index is 0.118. The minimum atomic E-state index is -0.118. The summed E-state index contributed by atoms with van der Waals surface area (Å²) in [6.45, 7) is 7.29. The number of nitrogens with one attached hydrogen (secondary N) is 2. The average molecular weight is 333 g/mol. The Kier molecular flexibility index (Phi) is 7.82. The number of likely N-dealkylation sites (N-methyl/N-ethyl adjacent to an activating group) is 1. The fourth-order valence-corrected chi connectivity index (χ4v) is 2.81. The van der Waals surface area contributed by atoms with Crippen LogP contribution in [0.5, 0.6) is 0 Å². The third-order valence-corrected chi connectivity index (χ3v) is 4.51. The van der Waals surface area contributed by atoms with Crippen molar-refractivity contribution < 1.29 is 4.79 Å². The number of aromatic nitrogens is 1. The van der Waals surface area contributed by atoms with Gasteiger partial charge in [-0.2, -0.15) is 0 Å². The summed E-state index contributed by atoms with van der Waals surface area (Å²) in [7, 11) is 2.04. The molecule has 0 aliphatic carbocycles. The molecular formula is C18H31N5O. The molecule has 0 unspecified atom stereocenters. The fourth-order valence-electron chi connectivity index (χ4n) is 2.81. The number of carbonyl (C=O) groups excluding carboxylic acids is 1. The van der Waals surface area contributed by atoms with Gasteiger partial charge in [0.05, 0.1) is 0 Å². The van der Waals surface area contributed by atoms with Crippen molar-refractivity contribution in [1.82, 2.24) is 20.5 Å². The molecule has 2 rings (SSSR count). The first-order valence-corrected chi connectivity index (χ1v) is 9.09. The Bertz CT molecular complexity index is 500. The van der Waals surface area contributed by atoms with Crippen LogP contribution in [0.3, 0.4) is 0 Å². The van der Waals surface area contributed by atoms with Crippen molar-refractivity contribution in [2.24, 2.45) is 0 Å². The molecule has 134 valence electrons. The number of rotatable bonds is 7. The van der Waals surface area contributed by atoms with Gasteiger partial charge in [0.15, 0.2) is 0 Å². The van der Waals surface area contributed by atoms with E-state index in [-0.39, 0.29) is 6.03 Å². The van der Waals surface area contributed by atoms with E-state index >= 15 is 0 Å². The predicted molar refractivity (Wildman–Crippen MR) is 98.3 cm³/mol. The van der Waals surface area contributed by atoms with Gasteiger partial charge in [-0.05, 0) is 44.1 Å². The van der Waals surface area contributed by atoms with Gasteiger partial charge in [-0.3, -0.25) is 0 Å². The third-order valence-electron chi connectivity index (χ3n) is 4.51. The van der Waals surface area contributed by atoms with Crippen LogP contribution in [0.25, 0.3) is 0 Å². The summed E-state index contributed by atoms with van der Waals surface area (Å²) in [5.41, 5.74) is 1.09. The average Bonchev–Trinajstić information content (AvgIpc) is 2.89. The maximum absolute atomic E-state index is 11.9. The molecule has 0 aromatic carbocycles. The van der Waals surface area contributed by atoms with Crippen molar-refractivity contribution in [2.45, 2.75) is 39.2 Å². The van der Waals surface area contributed by atoms with Gasteiger partial charge in [0.1, 0.15) is 5.82 Å². The van der Waals surface area contributed by atoms with Crippen LogP contribution in [0.1, 0.15) is 38.2 Å². The van der Waals surface area contributed by atoms with E-state index in [0.717, 1.165) is 37.6 Å². The quantitative estimate of drug-likeness (QED) is 0.803. The van der Waals surface area contributed by atoms with Gasteiger partial charge in [-0.25, -0.2) is 9.78 Å². The highest BCUT2D eigenvalue weighted by atomic mass is 16.2. The molecule has 6 heteroatoms. The van der Waals surface area contributed by atoms with Crippen molar-refractivity contribution in [3.05, 3.63) is 23.9 Å². The first-order chi connectivity index (χ1) is 11.7. The van der Waals surface area contributed by atoms with Gasteiger partial charge in [-0.15, -0.1) is 0 Å². The van der Waals surface area contributed by atoms with E-state index in [1.807, 2.05) is 19.3 Å². The van der Waals surface area contributed by atoms with Crippen LogP contribution in [0.4, 0.5) is 10.6 Å². The van der Waals surface area contributed by atoms with Gasteiger partial charge < -0.3 is 20.4 Å². The fraction of sp³-hybridized carbons (Fsp3) is 0.667. The summed E-state index contributed by atoms with van der Waals surface area (Å²) >= 11 is 0. The Balaban J connectivity index is 1.78. The minimum Gasteiger partial charge on any atom is -0.357 e. The summed E-state index contributed by atoms with van der Waals surface area (Å²) in [5, 5.41) is 5.80. The lowest BCUT2D eigenvalue weighted by Crippen LogP contribution is -2.39. The molecule has 1 aliphatic heterocycles. The van der Waals surface area contributed by atoms with Crippen LogP contribution in [-0.4, -0.2) is 55.7 Å². The highest BCUT2D eigenvalue weighted by Crippen LogP contribution is 2.18. The number of amides is 2. The largest absolute Gasteiger partial charge is 0.357 e. The number of urea groups is 1. The first kappa shape index (κ1) is 18.5. The zero-order valence-corrected chi connectivity index (χ0v) is 15.1. The van der Waals surface area contributed by atoms with E-state index in [0.29, 0.717) is 13.1 Å². The topological polar surface area (TPSA) is 60.5 Å². The van der Waals surface area contributed by atoms with Gasteiger partial charge in [-0.1, -0.05) is 19.8 Å². The van der Waals surface area contributed by atoms with Crippen LogP contribution in [0.2, 0.25) is 0 Å². The van der Waals surface area contributed by atoms with Crippen molar-refractivity contribution in [2.75, 3.05) is 44.7 Å². The van der Waals surface area contributed by atoms with E-state index in [2.05, 4.69) is 38.4 Å². The molecule has 2 N–H and O–H groups in total. The molecule has 0 bridgehead atoms. The lowest BCUT2D eigenvalue weighted by atomic mass is 10.2. The smallest absolute Gasteiger partial charge is 0.315 e. The van der Waals surface area contributed by atoms with Crippen molar-refractivity contribution >= 4 is 11.8 Å². The Hall–Kier alpha value is -1.82. The van der Waals surface area contributed by atoms with E-state index in [9.17, 15) is 4.79 Å². The summed E-state index contributed by atoms with van der Waals surface area (Å²) in [4.78, 5) is 20.9. The monoisotopic (exact) mass is 333 g/mol. The molecule has 1 fully saturated rings. The Labute approximate surface area is 145 Å². The number of carbonyl (C=O) groups is 1. The second kappa shape index (κ2) is 10.1. The van der Waals surface area contributed by atoms with E-state index < -0.39 is 0 Å². The highest BCUT2D eigenvalue weighted by Gasteiger charge is 2.11. The standard InChI is InChI=1S/C18H31N5O/c1-3-22(2)13-10-20-18(24)21-15-16-8-9-19-17(14-16)23-11-6-4-5-7-12-23/h8-9,14H,3-7,10-13,15H2,1-2H3,(H2,20,21,24). The van der Waals surface area contributed by atoms with Crippen LogP contribution < -0.4 is 15.5 Å². The second-order valence-corrected chi connectivity index (χ2v) is 6.43. The number of hydrogen-bond donors (Lipinski definition) is 2. The lowest BCUT2D eigenvalue weighted by Gasteiger charge is -2.21. The van der Waals surface area contributed by atoms with Crippen molar-refractivity contribution in [3.63, 3.8) is 0 Å². The summed E-state index contributed by atoms with van der Waals surface area (Å²) < 4.78 is 0. The zero-order chi connectivity index (χ0) is 17.2. The SMILES string of the molecule is CCN(C)CCNC(=O)NCc1ccnc(N2CCCCCC2)c1. The number of pyridine rings is 1. The summed E-state index contributed by atoms with van der Waals surface area (Å²) in [6.07, 6.45) is 6.93. The molecule has 0 atom stereocenters. The molecule has 1 aromatic heterocycles. The van der Waals surface area contributed by atoms with Crippen LogP contribution >= 0.6 is 0 Å². The highest BCUT2D eigenvalue weighted by molar-refractivity contribution is 5.73. The molecule has 1 aliphatic rings. The summed E-state index contributed by atoms with van der Waals surface area (Å²) in [6, 6.07) is 3.94. The van der Waals surface area contributed by atoms with Gasteiger partial charge in [0.25, 0.3) is 0 Å². The van der Waals surface area contributed by atoms with Crippen LogP contribution in [0.15, 0.2) is 18.3 Å². The maximum Gasteiger partial charge on any atom is 0.315 e.